The number of hydrogen-bond acceptors (Lipinski definition) is 4. The van der Waals surface area contributed by atoms with E-state index in [1.54, 1.807) is 24.3 Å². The quantitative estimate of drug-likeness (QED) is 0.652. The molecule has 3 rings (SSSR count). The fraction of sp³-hybridized carbons (Fsp3) is 0.0625. The van der Waals surface area contributed by atoms with Crippen molar-refractivity contribution in [3.05, 3.63) is 63.0 Å². The monoisotopic (exact) mass is 424 g/mol. The molecule has 25 heavy (non-hydrogen) atoms. The minimum Gasteiger partial charge on any atom is -0.488 e. The van der Waals surface area contributed by atoms with Crippen molar-refractivity contribution in [1.29, 1.82) is 0 Å². The molecule has 1 amide bonds. The first-order chi connectivity index (χ1) is 12.0. The molecule has 0 fully saturated rings. The Labute approximate surface area is 155 Å². The third-order valence-electron chi connectivity index (χ3n) is 3.41. The Bertz CT molecular complexity index is 927. The number of primary amides is 1. The van der Waals surface area contributed by atoms with Gasteiger partial charge in [-0.2, -0.15) is 15.4 Å². The fourth-order valence-corrected chi connectivity index (χ4v) is 2.80. The van der Waals surface area contributed by atoms with Crippen molar-refractivity contribution in [3.63, 3.8) is 0 Å². The number of halogens is 3. The number of benzene rings is 2. The smallest absolute Gasteiger partial charge is 0.271 e. The minimum atomic E-state index is -0.730. The van der Waals surface area contributed by atoms with E-state index in [9.17, 15) is 9.18 Å². The molecule has 1 aromatic heterocycles. The third-order valence-corrected chi connectivity index (χ3v) is 4.26. The number of nitrogens with zero attached hydrogens (tertiary/aromatic N) is 2. The van der Waals surface area contributed by atoms with Crippen molar-refractivity contribution in [1.82, 2.24) is 15.4 Å². The number of nitrogens with one attached hydrogen (secondary N) is 1. The summed E-state index contributed by atoms with van der Waals surface area (Å²) in [6.07, 6.45) is 0. The van der Waals surface area contributed by atoms with Crippen LogP contribution < -0.4 is 10.5 Å². The molecule has 0 saturated heterocycles. The lowest BCUT2D eigenvalue weighted by atomic mass is 10.1. The maximum Gasteiger partial charge on any atom is 0.271 e. The lowest BCUT2D eigenvalue weighted by Crippen LogP contribution is -2.13. The Hall–Kier alpha value is -2.45. The summed E-state index contributed by atoms with van der Waals surface area (Å²) in [5.41, 5.74) is 6.23. The molecule has 1 heterocycles. The maximum atomic E-state index is 13.9. The molecule has 128 valence electrons. The van der Waals surface area contributed by atoms with Gasteiger partial charge < -0.3 is 10.5 Å². The summed E-state index contributed by atoms with van der Waals surface area (Å²) >= 11 is 9.36. The lowest BCUT2D eigenvalue weighted by Gasteiger charge is -2.12. The number of H-pyrrole nitrogens is 1. The average Bonchev–Trinajstić information content (AvgIpc) is 3.05. The summed E-state index contributed by atoms with van der Waals surface area (Å²) in [7, 11) is 0. The summed E-state index contributed by atoms with van der Waals surface area (Å²) in [6.45, 7) is -0.0934. The van der Waals surface area contributed by atoms with Crippen LogP contribution in [0.5, 0.6) is 5.75 Å². The lowest BCUT2D eigenvalue weighted by molar-refractivity contribution is 0.0996. The molecule has 0 atom stereocenters. The Kier molecular flexibility index (Phi) is 5.00. The number of hydrogen-bond donors (Lipinski definition) is 2. The van der Waals surface area contributed by atoms with Gasteiger partial charge in [0.2, 0.25) is 0 Å². The van der Waals surface area contributed by atoms with Crippen LogP contribution in [0, 0.1) is 5.82 Å². The summed E-state index contributed by atoms with van der Waals surface area (Å²) in [5.74, 6) is -0.823. The van der Waals surface area contributed by atoms with Crippen LogP contribution in [0.25, 0.3) is 11.3 Å². The first kappa shape index (κ1) is 17.4. The molecule has 0 unspecified atom stereocenters. The molecule has 0 bridgehead atoms. The van der Waals surface area contributed by atoms with Crippen molar-refractivity contribution in [2.75, 3.05) is 0 Å². The molecule has 0 aliphatic carbocycles. The van der Waals surface area contributed by atoms with Crippen molar-refractivity contribution in [3.8, 4) is 17.0 Å². The van der Waals surface area contributed by atoms with Gasteiger partial charge in [0.1, 0.15) is 23.9 Å². The maximum absolute atomic E-state index is 13.9. The molecule has 0 aliphatic heterocycles. The minimum absolute atomic E-state index is 0.0214. The van der Waals surface area contributed by atoms with Crippen LogP contribution >= 0.6 is 27.5 Å². The predicted octanol–water partition coefficient (Wildman–Crippen LogP) is 3.70. The van der Waals surface area contributed by atoms with E-state index in [1.807, 2.05) is 0 Å². The first-order valence-electron chi connectivity index (χ1n) is 7.03. The molecule has 3 N–H and O–H groups in total. The van der Waals surface area contributed by atoms with E-state index in [4.69, 9.17) is 22.1 Å². The van der Waals surface area contributed by atoms with E-state index in [-0.39, 0.29) is 28.6 Å². The molecular weight excluding hydrogens is 415 g/mol. The summed E-state index contributed by atoms with van der Waals surface area (Å²) < 4.78 is 20.4. The van der Waals surface area contributed by atoms with Gasteiger partial charge >= 0.3 is 0 Å². The molecule has 0 radical (unpaired) electrons. The zero-order valence-corrected chi connectivity index (χ0v) is 14.9. The first-order valence-corrected chi connectivity index (χ1v) is 8.20. The molecule has 0 spiro atoms. The van der Waals surface area contributed by atoms with Gasteiger partial charge in [0.25, 0.3) is 5.91 Å². The molecule has 3 aromatic rings. The second-order valence-electron chi connectivity index (χ2n) is 5.01. The van der Waals surface area contributed by atoms with Gasteiger partial charge in [-0.15, -0.1) is 0 Å². The zero-order valence-electron chi connectivity index (χ0n) is 12.6. The second kappa shape index (κ2) is 7.20. The van der Waals surface area contributed by atoms with E-state index < -0.39 is 11.7 Å². The number of amides is 1. The van der Waals surface area contributed by atoms with E-state index >= 15 is 0 Å². The highest BCUT2D eigenvalue weighted by Crippen LogP contribution is 2.34. The Morgan fingerprint density at radius 3 is 2.84 bits per heavy atom. The van der Waals surface area contributed by atoms with Crippen LogP contribution in [-0.2, 0) is 6.61 Å². The second-order valence-corrected chi connectivity index (χ2v) is 6.34. The van der Waals surface area contributed by atoms with E-state index in [0.29, 0.717) is 11.3 Å². The van der Waals surface area contributed by atoms with Crippen molar-refractivity contribution < 1.29 is 13.9 Å². The highest BCUT2D eigenvalue weighted by Gasteiger charge is 2.20. The molecule has 0 aliphatic rings. The number of nitrogens with two attached hydrogens (primary N) is 1. The van der Waals surface area contributed by atoms with Gasteiger partial charge in [-0.3, -0.25) is 4.79 Å². The molecule has 6 nitrogen and oxygen atoms in total. The molecule has 9 heteroatoms. The van der Waals surface area contributed by atoms with Gasteiger partial charge in [-0.05, 0) is 30.3 Å². The van der Waals surface area contributed by atoms with Gasteiger partial charge in [-0.25, -0.2) is 4.39 Å². The van der Waals surface area contributed by atoms with Crippen molar-refractivity contribution >= 4 is 33.4 Å². The van der Waals surface area contributed by atoms with Crippen LogP contribution in [0.3, 0.4) is 0 Å². The van der Waals surface area contributed by atoms with Crippen LogP contribution in [0.2, 0.25) is 5.02 Å². The number of aromatic amines is 1. The number of carbonyl (C=O) groups is 1. The summed E-state index contributed by atoms with van der Waals surface area (Å²) in [4.78, 5) is 11.5. The normalized spacial score (nSPS) is 10.7. The zero-order chi connectivity index (χ0) is 18.0. The number of rotatable bonds is 5. The van der Waals surface area contributed by atoms with Crippen molar-refractivity contribution in [2.24, 2.45) is 5.73 Å². The number of aromatic nitrogens is 3. The molecular formula is C16H11BrClFN4O2. The summed E-state index contributed by atoms with van der Waals surface area (Å²) in [6, 6.07) is 9.49. The van der Waals surface area contributed by atoms with E-state index in [1.165, 1.54) is 12.1 Å². The molecule has 0 saturated carbocycles. The fourth-order valence-electron chi connectivity index (χ4n) is 2.22. The SMILES string of the molecule is NC(=O)c1n[nH]nc1-c1cc(Br)ccc1OCc1c(F)cccc1Cl. The Morgan fingerprint density at radius 2 is 2.12 bits per heavy atom. The van der Waals surface area contributed by atoms with Gasteiger partial charge in [0.05, 0.1) is 5.02 Å². The van der Waals surface area contributed by atoms with Crippen LogP contribution in [0.15, 0.2) is 40.9 Å². The summed E-state index contributed by atoms with van der Waals surface area (Å²) in [5, 5.41) is 10.3. The topological polar surface area (TPSA) is 93.9 Å². The van der Waals surface area contributed by atoms with Crippen LogP contribution in [0.1, 0.15) is 16.1 Å². The highest BCUT2D eigenvalue weighted by molar-refractivity contribution is 9.10. The van der Waals surface area contributed by atoms with Gasteiger partial charge in [0, 0.05) is 15.6 Å². The number of carbonyl (C=O) groups excluding carboxylic acids is 1. The highest BCUT2D eigenvalue weighted by atomic mass is 79.9. The largest absolute Gasteiger partial charge is 0.488 e. The number of ether oxygens (including phenoxy) is 1. The standard InChI is InChI=1S/C16H11BrClFN4O2/c17-8-4-5-13(25-7-10-11(18)2-1-3-12(10)19)9(6-8)14-15(16(20)24)22-23-21-14/h1-6H,7H2,(H2,20,24)(H,21,22,23). The van der Waals surface area contributed by atoms with Gasteiger partial charge in [-0.1, -0.05) is 33.6 Å². The molecule has 2 aromatic carbocycles. The Morgan fingerprint density at radius 1 is 1.32 bits per heavy atom. The third kappa shape index (κ3) is 3.64. The van der Waals surface area contributed by atoms with Crippen molar-refractivity contribution in [2.45, 2.75) is 6.61 Å². The predicted molar refractivity (Wildman–Crippen MR) is 93.8 cm³/mol. The van der Waals surface area contributed by atoms with Crippen LogP contribution in [-0.4, -0.2) is 21.3 Å². The Balaban J connectivity index is 1.98. The average molecular weight is 426 g/mol. The van der Waals surface area contributed by atoms with E-state index in [2.05, 4.69) is 31.3 Å². The van der Waals surface area contributed by atoms with Gasteiger partial charge in [0.15, 0.2) is 5.69 Å². The van der Waals surface area contributed by atoms with E-state index in [0.717, 1.165) is 4.47 Å². The van der Waals surface area contributed by atoms with Crippen LogP contribution in [0.4, 0.5) is 4.39 Å².